The van der Waals surface area contributed by atoms with Gasteiger partial charge >= 0.3 is 0 Å². The highest BCUT2D eigenvalue weighted by Crippen LogP contribution is 2.24. The van der Waals surface area contributed by atoms with E-state index < -0.39 is 10.7 Å². The molecule has 0 N–H and O–H groups in total. The summed E-state index contributed by atoms with van der Waals surface area (Å²) < 4.78 is 21.4. The molecule has 1 rings (SSSR count). The van der Waals surface area contributed by atoms with Crippen molar-refractivity contribution >= 4 is 10.7 Å². The van der Waals surface area contributed by atoms with Gasteiger partial charge in [0.1, 0.15) is 0 Å². The van der Waals surface area contributed by atoms with E-state index in [1.165, 1.54) is 12.0 Å². The zero-order chi connectivity index (χ0) is 11.3. The fourth-order valence-electron chi connectivity index (χ4n) is 1.82. The van der Waals surface area contributed by atoms with Crippen LogP contribution >= 0.6 is 0 Å². The van der Waals surface area contributed by atoms with Gasteiger partial charge in [-0.2, -0.15) is 0 Å². The third-order valence-corrected chi connectivity index (χ3v) is 3.43. The van der Waals surface area contributed by atoms with Crippen LogP contribution in [-0.2, 0) is 10.7 Å². The standard InChI is InChI=1S/C12H18O2S/c1-3-5-10(4-2)11-6-8-12(9-7-11)15(13)14/h6-10,15H,3-5H2,1-2H3. The molecule has 0 aliphatic rings. The van der Waals surface area contributed by atoms with Gasteiger partial charge in [-0.15, -0.1) is 0 Å². The summed E-state index contributed by atoms with van der Waals surface area (Å²) in [6, 6.07) is 7.26. The van der Waals surface area contributed by atoms with Crippen molar-refractivity contribution in [1.82, 2.24) is 0 Å². The van der Waals surface area contributed by atoms with Crippen molar-refractivity contribution < 1.29 is 8.42 Å². The smallest absolute Gasteiger partial charge is 0.168 e. The van der Waals surface area contributed by atoms with E-state index in [2.05, 4.69) is 13.8 Å². The molecule has 15 heavy (non-hydrogen) atoms. The molecule has 0 saturated carbocycles. The molecule has 3 heteroatoms. The van der Waals surface area contributed by atoms with E-state index in [0.29, 0.717) is 10.8 Å². The van der Waals surface area contributed by atoms with Gasteiger partial charge in [0, 0.05) is 0 Å². The van der Waals surface area contributed by atoms with E-state index in [0.717, 1.165) is 12.8 Å². The molecule has 0 aromatic heterocycles. The molecular formula is C12H18O2S. The Bertz CT molecular complexity index is 358. The minimum Gasteiger partial charge on any atom is -0.227 e. The van der Waals surface area contributed by atoms with Crippen molar-refractivity contribution in [3.05, 3.63) is 29.8 Å². The molecule has 0 aliphatic heterocycles. The van der Waals surface area contributed by atoms with Crippen molar-refractivity contribution in [1.29, 1.82) is 0 Å². The molecule has 84 valence electrons. The van der Waals surface area contributed by atoms with Crippen molar-refractivity contribution in [2.24, 2.45) is 0 Å². The second-order valence-corrected chi connectivity index (χ2v) is 4.77. The average Bonchev–Trinajstić information content (AvgIpc) is 2.26. The minimum absolute atomic E-state index is 0.403. The zero-order valence-electron chi connectivity index (χ0n) is 9.27. The lowest BCUT2D eigenvalue weighted by Crippen LogP contribution is -1.96. The summed E-state index contributed by atoms with van der Waals surface area (Å²) in [4.78, 5) is 0.403. The van der Waals surface area contributed by atoms with Gasteiger partial charge in [0.05, 0.1) is 4.90 Å². The van der Waals surface area contributed by atoms with Crippen LogP contribution < -0.4 is 0 Å². The quantitative estimate of drug-likeness (QED) is 0.783. The van der Waals surface area contributed by atoms with Gasteiger partial charge in [-0.3, -0.25) is 0 Å². The maximum atomic E-state index is 10.7. The molecule has 0 bridgehead atoms. The molecule has 0 spiro atoms. The van der Waals surface area contributed by atoms with E-state index in [9.17, 15) is 8.42 Å². The van der Waals surface area contributed by atoms with Gasteiger partial charge in [-0.05, 0) is 36.5 Å². The summed E-state index contributed by atoms with van der Waals surface area (Å²) in [5.41, 5.74) is 1.25. The Kier molecular flexibility index (Phi) is 4.82. The molecule has 1 aromatic carbocycles. The molecule has 0 amide bonds. The first-order valence-electron chi connectivity index (χ1n) is 5.43. The maximum Gasteiger partial charge on any atom is 0.168 e. The van der Waals surface area contributed by atoms with Gasteiger partial charge in [-0.25, -0.2) is 8.42 Å². The molecule has 1 aromatic rings. The van der Waals surface area contributed by atoms with Crippen LogP contribution in [0, 0.1) is 0 Å². The van der Waals surface area contributed by atoms with E-state index in [-0.39, 0.29) is 0 Å². The lowest BCUT2D eigenvalue weighted by molar-refractivity contribution is 0.595. The van der Waals surface area contributed by atoms with Crippen LogP contribution in [0.2, 0.25) is 0 Å². The van der Waals surface area contributed by atoms with Crippen LogP contribution in [0.3, 0.4) is 0 Å². The number of hydrogen-bond donors (Lipinski definition) is 1. The first kappa shape index (κ1) is 12.2. The van der Waals surface area contributed by atoms with Gasteiger partial charge in [0.2, 0.25) is 0 Å². The van der Waals surface area contributed by atoms with Crippen molar-refractivity contribution in [3.63, 3.8) is 0 Å². The average molecular weight is 226 g/mol. The van der Waals surface area contributed by atoms with Gasteiger partial charge in [0.25, 0.3) is 0 Å². The number of hydrogen-bond acceptors (Lipinski definition) is 2. The summed E-state index contributed by atoms with van der Waals surface area (Å²) in [6.07, 6.45) is 3.44. The fourth-order valence-corrected chi connectivity index (χ4v) is 2.22. The molecule has 0 aliphatic carbocycles. The van der Waals surface area contributed by atoms with Gasteiger partial charge < -0.3 is 0 Å². The van der Waals surface area contributed by atoms with E-state index in [1.54, 1.807) is 12.1 Å². The highest BCUT2D eigenvalue weighted by molar-refractivity contribution is 7.72. The summed E-state index contributed by atoms with van der Waals surface area (Å²) in [6.45, 7) is 4.34. The van der Waals surface area contributed by atoms with Crippen molar-refractivity contribution in [2.45, 2.75) is 43.9 Å². The molecule has 0 heterocycles. The Labute approximate surface area is 93.3 Å². The van der Waals surface area contributed by atoms with E-state index >= 15 is 0 Å². The summed E-state index contributed by atoms with van der Waals surface area (Å²) in [5, 5.41) is 0. The Morgan fingerprint density at radius 2 is 1.73 bits per heavy atom. The van der Waals surface area contributed by atoms with Crippen molar-refractivity contribution in [2.75, 3.05) is 0 Å². The third kappa shape index (κ3) is 3.34. The molecular weight excluding hydrogens is 208 g/mol. The SMILES string of the molecule is CCCC(CC)c1ccc([SH](=O)=O)cc1. The molecule has 0 fully saturated rings. The predicted molar refractivity (Wildman–Crippen MR) is 63.0 cm³/mol. The molecule has 0 saturated heterocycles. The number of benzene rings is 1. The predicted octanol–water partition coefficient (Wildman–Crippen LogP) is 2.95. The highest BCUT2D eigenvalue weighted by atomic mass is 32.2. The topological polar surface area (TPSA) is 34.1 Å². The monoisotopic (exact) mass is 226 g/mol. The van der Waals surface area contributed by atoms with Crippen LogP contribution in [0.4, 0.5) is 0 Å². The minimum atomic E-state index is -2.44. The Balaban J connectivity index is 2.86. The fraction of sp³-hybridized carbons (Fsp3) is 0.500. The van der Waals surface area contributed by atoms with E-state index in [1.807, 2.05) is 12.1 Å². The lowest BCUT2D eigenvalue weighted by atomic mass is 9.92. The van der Waals surface area contributed by atoms with Crippen LogP contribution in [0.15, 0.2) is 29.2 Å². The Morgan fingerprint density at radius 3 is 2.13 bits per heavy atom. The molecule has 1 atom stereocenters. The molecule has 2 nitrogen and oxygen atoms in total. The zero-order valence-corrected chi connectivity index (χ0v) is 10.2. The molecule has 1 unspecified atom stereocenters. The number of thiol groups is 1. The normalized spacial score (nSPS) is 13.0. The lowest BCUT2D eigenvalue weighted by Gasteiger charge is -2.13. The Hall–Kier alpha value is -0.830. The van der Waals surface area contributed by atoms with Gasteiger partial charge in [-0.1, -0.05) is 32.4 Å². The van der Waals surface area contributed by atoms with Gasteiger partial charge in [0.15, 0.2) is 10.7 Å². The first-order valence-corrected chi connectivity index (χ1v) is 6.61. The summed E-state index contributed by atoms with van der Waals surface area (Å²) in [5.74, 6) is 0.564. The third-order valence-electron chi connectivity index (χ3n) is 2.71. The highest BCUT2D eigenvalue weighted by Gasteiger charge is 2.07. The summed E-state index contributed by atoms with van der Waals surface area (Å²) in [7, 11) is -2.44. The van der Waals surface area contributed by atoms with Crippen LogP contribution in [0.1, 0.15) is 44.6 Å². The van der Waals surface area contributed by atoms with E-state index in [4.69, 9.17) is 0 Å². The summed E-state index contributed by atoms with van der Waals surface area (Å²) >= 11 is 0. The largest absolute Gasteiger partial charge is 0.227 e. The van der Waals surface area contributed by atoms with Crippen molar-refractivity contribution in [3.8, 4) is 0 Å². The van der Waals surface area contributed by atoms with Crippen LogP contribution in [0.25, 0.3) is 0 Å². The molecule has 0 radical (unpaired) electrons. The second kappa shape index (κ2) is 5.91. The maximum absolute atomic E-state index is 10.7. The second-order valence-electron chi connectivity index (χ2n) is 3.74. The Morgan fingerprint density at radius 1 is 1.13 bits per heavy atom. The first-order chi connectivity index (χ1) is 7.19. The van der Waals surface area contributed by atoms with Crippen LogP contribution in [-0.4, -0.2) is 8.42 Å². The number of rotatable bonds is 5. The van der Waals surface area contributed by atoms with Crippen LogP contribution in [0.5, 0.6) is 0 Å².